The first kappa shape index (κ1) is 16.9. The van der Waals surface area contributed by atoms with Crippen molar-refractivity contribution in [1.82, 2.24) is 5.32 Å². The molecule has 19 heavy (non-hydrogen) atoms. The average Bonchev–Trinajstić information content (AvgIpc) is 2.34. The third kappa shape index (κ3) is 5.41. The third-order valence-corrected chi connectivity index (χ3v) is 4.22. The Morgan fingerprint density at radius 1 is 1.21 bits per heavy atom. The van der Waals surface area contributed by atoms with Crippen molar-refractivity contribution in [2.24, 2.45) is 11.3 Å². The zero-order valence-electron chi connectivity index (χ0n) is 13.5. The largest absolute Gasteiger partial charge is 0.385 e. The standard InChI is InChI=1S/C16H33NO2/c1-13(2)12-19-15-11-14(16(15,3)4)17-9-7-6-8-10-18-5/h13-15,17H,6-12H2,1-5H3. The van der Waals surface area contributed by atoms with Gasteiger partial charge in [0, 0.05) is 31.8 Å². The minimum Gasteiger partial charge on any atom is -0.385 e. The fourth-order valence-electron chi connectivity index (χ4n) is 2.65. The van der Waals surface area contributed by atoms with Gasteiger partial charge in [-0.05, 0) is 38.1 Å². The maximum absolute atomic E-state index is 5.99. The first-order chi connectivity index (χ1) is 8.98. The molecule has 2 unspecified atom stereocenters. The van der Waals surface area contributed by atoms with E-state index < -0.39 is 0 Å². The lowest BCUT2D eigenvalue weighted by Crippen LogP contribution is -2.61. The van der Waals surface area contributed by atoms with Crippen LogP contribution < -0.4 is 5.32 Å². The number of ether oxygens (including phenoxy) is 2. The van der Waals surface area contributed by atoms with Crippen molar-refractivity contribution < 1.29 is 9.47 Å². The van der Waals surface area contributed by atoms with E-state index in [1.807, 2.05) is 0 Å². The van der Waals surface area contributed by atoms with Crippen molar-refractivity contribution in [2.75, 3.05) is 26.9 Å². The van der Waals surface area contributed by atoms with Crippen molar-refractivity contribution in [2.45, 2.75) is 65.5 Å². The van der Waals surface area contributed by atoms with Crippen molar-refractivity contribution in [3.05, 3.63) is 0 Å². The molecule has 3 heteroatoms. The van der Waals surface area contributed by atoms with E-state index in [2.05, 4.69) is 33.0 Å². The summed E-state index contributed by atoms with van der Waals surface area (Å²) in [6.07, 6.45) is 5.26. The summed E-state index contributed by atoms with van der Waals surface area (Å²) in [5, 5.41) is 3.68. The summed E-state index contributed by atoms with van der Waals surface area (Å²) in [7, 11) is 1.77. The molecule has 1 rings (SSSR count). The van der Waals surface area contributed by atoms with Gasteiger partial charge in [0.15, 0.2) is 0 Å². The summed E-state index contributed by atoms with van der Waals surface area (Å²) in [4.78, 5) is 0. The van der Waals surface area contributed by atoms with Crippen molar-refractivity contribution >= 4 is 0 Å². The van der Waals surface area contributed by atoms with Crippen LogP contribution in [-0.4, -0.2) is 39.0 Å². The molecule has 0 aromatic rings. The van der Waals surface area contributed by atoms with E-state index in [4.69, 9.17) is 9.47 Å². The Hall–Kier alpha value is -0.120. The molecule has 0 heterocycles. The van der Waals surface area contributed by atoms with Gasteiger partial charge in [0.1, 0.15) is 0 Å². The van der Waals surface area contributed by atoms with Crippen molar-refractivity contribution in [3.8, 4) is 0 Å². The van der Waals surface area contributed by atoms with Crippen LogP contribution in [0, 0.1) is 11.3 Å². The Morgan fingerprint density at radius 2 is 1.95 bits per heavy atom. The highest BCUT2D eigenvalue weighted by atomic mass is 16.5. The van der Waals surface area contributed by atoms with Gasteiger partial charge in [-0.1, -0.05) is 27.7 Å². The van der Waals surface area contributed by atoms with Gasteiger partial charge in [-0.25, -0.2) is 0 Å². The number of hydrogen-bond donors (Lipinski definition) is 1. The highest BCUT2D eigenvalue weighted by molar-refractivity contribution is 5.02. The molecule has 1 aliphatic rings. The van der Waals surface area contributed by atoms with Gasteiger partial charge in [0.05, 0.1) is 6.10 Å². The number of nitrogens with one attached hydrogen (secondary N) is 1. The smallest absolute Gasteiger partial charge is 0.0656 e. The third-order valence-electron chi connectivity index (χ3n) is 4.22. The van der Waals surface area contributed by atoms with Crippen LogP contribution in [0.4, 0.5) is 0 Å². The van der Waals surface area contributed by atoms with E-state index in [0.717, 1.165) is 26.2 Å². The summed E-state index contributed by atoms with van der Waals surface area (Å²) in [5.41, 5.74) is 0.279. The molecule has 0 saturated heterocycles. The van der Waals surface area contributed by atoms with Crippen molar-refractivity contribution in [3.63, 3.8) is 0 Å². The zero-order chi connectivity index (χ0) is 14.3. The van der Waals surface area contributed by atoms with Gasteiger partial charge in [-0.2, -0.15) is 0 Å². The fourth-order valence-corrected chi connectivity index (χ4v) is 2.65. The fraction of sp³-hybridized carbons (Fsp3) is 1.00. The monoisotopic (exact) mass is 271 g/mol. The lowest BCUT2D eigenvalue weighted by atomic mass is 9.64. The maximum atomic E-state index is 5.99. The van der Waals surface area contributed by atoms with Crippen LogP contribution in [0.2, 0.25) is 0 Å². The summed E-state index contributed by atoms with van der Waals surface area (Å²) in [6.45, 7) is 12.0. The molecule has 0 aromatic carbocycles. The van der Waals surface area contributed by atoms with Gasteiger partial charge in [-0.15, -0.1) is 0 Å². The van der Waals surface area contributed by atoms with Crippen LogP contribution in [0.25, 0.3) is 0 Å². The van der Waals surface area contributed by atoms with E-state index in [9.17, 15) is 0 Å². The molecule has 0 aromatic heterocycles. The number of unbranched alkanes of at least 4 members (excludes halogenated alkanes) is 2. The molecule has 114 valence electrons. The first-order valence-corrected chi connectivity index (χ1v) is 7.82. The van der Waals surface area contributed by atoms with Gasteiger partial charge < -0.3 is 14.8 Å². The molecule has 1 saturated carbocycles. The predicted octanol–water partition coefficient (Wildman–Crippen LogP) is 3.23. The predicted molar refractivity (Wildman–Crippen MR) is 80.5 cm³/mol. The molecule has 0 radical (unpaired) electrons. The molecule has 3 nitrogen and oxygen atoms in total. The summed E-state index contributed by atoms with van der Waals surface area (Å²) in [6, 6.07) is 0.618. The van der Waals surface area contributed by atoms with Crippen LogP contribution in [0.5, 0.6) is 0 Å². The highest BCUT2D eigenvalue weighted by Gasteiger charge is 2.48. The van der Waals surface area contributed by atoms with E-state index in [1.54, 1.807) is 7.11 Å². The van der Waals surface area contributed by atoms with Gasteiger partial charge in [0.25, 0.3) is 0 Å². The van der Waals surface area contributed by atoms with E-state index in [0.29, 0.717) is 18.1 Å². The summed E-state index contributed by atoms with van der Waals surface area (Å²) < 4.78 is 11.0. The molecule has 2 atom stereocenters. The molecule has 1 N–H and O–H groups in total. The Kier molecular flexibility index (Phi) is 7.33. The molecule has 0 aliphatic heterocycles. The Labute approximate surface area is 119 Å². The van der Waals surface area contributed by atoms with Gasteiger partial charge in [0.2, 0.25) is 0 Å². The van der Waals surface area contributed by atoms with Crippen molar-refractivity contribution in [1.29, 1.82) is 0 Å². The van der Waals surface area contributed by atoms with Crippen LogP contribution >= 0.6 is 0 Å². The molecule has 0 amide bonds. The maximum Gasteiger partial charge on any atom is 0.0656 e. The van der Waals surface area contributed by atoms with E-state index in [1.165, 1.54) is 19.3 Å². The van der Waals surface area contributed by atoms with Crippen LogP contribution in [-0.2, 0) is 9.47 Å². The number of hydrogen-bond acceptors (Lipinski definition) is 3. The summed E-state index contributed by atoms with van der Waals surface area (Å²) >= 11 is 0. The Morgan fingerprint density at radius 3 is 2.53 bits per heavy atom. The average molecular weight is 271 g/mol. The van der Waals surface area contributed by atoms with Crippen LogP contribution in [0.3, 0.4) is 0 Å². The lowest BCUT2D eigenvalue weighted by Gasteiger charge is -2.52. The normalized spacial score (nSPS) is 25.6. The van der Waals surface area contributed by atoms with E-state index in [-0.39, 0.29) is 5.41 Å². The minimum absolute atomic E-state index is 0.279. The second-order valence-corrected chi connectivity index (χ2v) is 6.83. The SMILES string of the molecule is COCCCCCNC1CC(OCC(C)C)C1(C)C. The first-order valence-electron chi connectivity index (χ1n) is 7.82. The Balaban J connectivity index is 2.09. The van der Waals surface area contributed by atoms with Gasteiger partial charge >= 0.3 is 0 Å². The number of rotatable bonds is 10. The highest BCUT2D eigenvalue weighted by Crippen LogP contribution is 2.42. The zero-order valence-corrected chi connectivity index (χ0v) is 13.5. The van der Waals surface area contributed by atoms with Gasteiger partial charge in [-0.3, -0.25) is 0 Å². The molecule has 0 bridgehead atoms. The lowest BCUT2D eigenvalue weighted by molar-refractivity contribution is -0.123. The van der Waals surface area contributed by atoms with Crippen LogP contribution in [0.15, 0.2) is 0 Å². The Bertz CT molecular complexity index is 241. The van der Waals surface area contributed by atoms with Crippen LogP contribution in [0.1, 0.15) is 53.4 Å². The second-order valence-electron chi connectivity index (χ2n) is 6.83. The molecule has 1 fully saturated rings. The summed E-state index contributed by atoms with van der Waals surface area (Å²) in [5.74, 6) is 0.628. The molecular weight excluding hydrogens is 238 g/mol. The quantitative estimate of drug-likeness (QED) is 0.619. The number of methoxy groups -OCH3 is 1. The molecular formula is C16H33NO2. The molecule has 1 aliphatic carbocycles. The minimum atomic E-state index is 0.279. The topological polar surface area (TPSA) is 30.5 Å². The second kappa shape index (κ2) is 8.23. The van der Waals surface area contributed by atoms with E-state index >= 15 is 0 Å². The molecule has 0 spiro atoms.